The van der Waals surface area contributed by atoms with Crippen molar-refractivity contribution in [2.75, 3.05) is 26.3 Å². The topological polar surface area (TPSA) is 34.5 Å². The summed E-state index contributed by atoms with van der Waals surface area (Å²) in [5.74, 6) is 0.0876. The van der Waals surface area contributed by atoms with Crippen molar-refractivity contribution in [1.29, 1.82) is 0 Å². The molecule has 1 fully saturated rings. The lowest BCUT2D eigenvalue weighted by Crippen LogP contribution is -2.40. The molecule has 2 heterocycles. The minimum absolute atomic E-state index is 0.0876. The number of hydrogen-bond donors (Lipinski definition) is 0. The van der Waals surface area contributed by atoms with E-state index >= 15 is 0 Å². The molecule has 0 N–H and O–H groups in total. The van der Waals surface area contributed by atoms with Crippen LogP contribution >= 0.6 is 0 Å². The van der Waals surface area contributed by atoms with E-state index in [4.69, 9.17) is 4.74 Å². The van der Waals surface area contributed by atoms with Crippen LogP contribution in [0.25, 0.3) is 22.0 Å². The Bertz CT molecular complexity index is 1170. The van der Waals surface area contributed by atoms with Gasteiger partial charge in [-0.1, -0.05) is 72.8 Å². The van der Waals surface area contributed by atoms with Crippen LogP contribution in [0.1, 0.15) is 15.9 Å². The number of morpholine rings is 1. The summed E-state index contributed by atoms with van der Waals surface area (Å²) in [6.45, 7) is 3.22. The van der Waals surface area contributed by atoms with Crippen molar-refractivity contribution in [2.45, 2.75) is 6.54 Å². The largest absolute Gasteiger partial charge is 0.378 e. The molecule has 4 nitrogen and oxygen atoms in total. The number of aromatic nitrogens is 1. The van der Waals surface area contributed by atoms with Crippen molar-refractivity contribution in [3.63, 3.8) is 0 Å². The molecule has 0 bridgehead atoms. The van der Waals surface area contributed by atoms with Crippen molar-refractivity contribution in [3.05, 3.63) is 96.2 Å². The van der Waals surface area contributed by atoms with Gasteiger partial charge in [0, 0.05) is 36.7 Å². The van der Waals surface area contributed by atoms with E-state index in [1.807, 2.05) is 35.4 Å². The predicted molar refractivity (Wildman–Crippen MR) is 120 cm³/mol. The predicted octanol–water partition coefficient (Wildman–Crippen LogP) is 4.83. The molecule has 1 aromatic heterocycles. The van der Waals surface area contributed by atoms with Gasteiger partial charge in [-0.05, 0) is 22.8 Å². The molecule has 0 saturated carbocycles. The molecule has 0 unspecified atom stereocenters. The molecule has 1 aliphatic rings. The maximum absolute atomic E-state index is 13.2. The van der Waals surface area contributed by atoms with Crippen LogP contribution in [0.15, 0.2) is 85.1 Å². The second-order valence-corrected chi connectivity index (χ2v) is 7.62. The van der Waals surface area contributed by atoms with Crippen LogP contribution in [0.3, 0.4) is 0 Å². The zero-order chi connectivity index (χ0) is 20.3. The number of rotatable bonds is 4. The highest BCUT2D eigenvalue weighted by molar-refractivity contribution is 6.07. The van der Waals surface area contributed by atoms with Crippen molar-refractivity contribution in [2.24, 2.45) is 0 Å². The van der Waals surface area contributed by atoms with Crippen molar-refractivity contribution >= 4 is 16.8 Å². The summed E-state index contributed by atoms with van der Waals surface area (Å²) in [7, 11) is 0. The molecule has 0 radical (unpaired) electrons. The lowest BCUT2D eigenvalue weighted by molar-refractivity contribution is 0.0304. The summed E-state index contributed by atoms with van der Waals surface area (Å²) in [5, 5.41) is 1.01. The van der Waals surface area contributed by atoms with Crippen LogP contribution in [0.4, 0.5) is 0 Å². The lowest BCUT2D eigenvalue weighted by atomic mass is 10.00. The van der Waals surface area contributed by atoms with Gasteiger partial charge in [0.2, 0.25) is 0 Å². The first-order chi connectivity index (χ1) is 14.8. The Kier molecular flexibility index (Phi) is 5.08. The maximum atomic E-state index is 13.2. The fraction of sp³-hybridized carbons (Fsp3) is 0.192. The second-order valence-electron chi connectivity index (χ2n) is 7.62. The third kappa shape index (κ3) is 3.51. The zero-order valence-electron chi connectivity index (χ0n) is 16.8. The fourth-order valence-corrected chi connectivity index (χ4v) is 4.23. The number of carbonyl (C=O) groups is 1. The molecule has 1 saturated heterocycles. The van der Waals surface area contributed by atoms with Crippen LogP contribution < -0.4 is 0 Å². The van der Waals surface area contributed by atoms with Crippen LogP contribution in [0, 0.1) is 0 Å². The van der Waals surface area contributed by atoms with Gasteiger partial charge in [0.05, 0.1) is 18.8 Å². The first-order valence-electron chi connectivity index (χ1n) is 10.4. The summed E-state index contributed by atoms with van der Waals surface area (Å²) >= 11 is 0. The molecule has 4 heteroatoms. The number of hydrogen-bond acceptors (Lipinski definition) is 2. The van der Waals surface area contributed by atoms with E-state index in [1.54, 1.807) is 0 Å². The van der Waals surface area contributed by atoms with Gasteiger partial charge in [-0.2, -0.15) is 0 Å². The molecular weight excluding hydrogens is 372 g/mol. The number of fused-ring (bicyclic) bond motifs is 1. The van der Waals surface area contributed by atoms with E-state index in [0.29, 0.717) is 32.8 Å². The van der Waals surface area contributed by atoms with Gasteiger partial charge in [-0.3, -0.25) is 4.79 Å². The fourth-order valence-electron chi connectivity index (χ4n) is 4.23. The van der Waals surface area contributed by atoms with Crippen molar-refractivity contribution in [3.8, 4) is 11.1 Å². The SMILES string of the molecule is O=C(c1cn(Cc2ccccc2-c2ccccc2)c2ccccc12)N1CCOCC1. The molecule has 0 spiro atoms. The van der Waals surface area contributed by atoms with Crippen LogP contribution in [0.2, 0.25) is 0 Å². The summed E-state index contributed by atoms with van der Waals surface area (Å²) in [6.07, 6.45) is 2.02. The molecular formula is C26H24N2O2. The van der Waals surface area contributed by atoms with E-state index in [2.05, 4.69) is 59.2 Å². The van der Waals surface area contributed by atoms with Crippen LogP contribution in [0.5, 0.6) is 0 Å². The van der Waals surface area contributed by atoms with Crippen LogP contribution in [-0.4, -0.2) is 41.7 Å². The summed E-state index contributed by atoms with van der Waals surface area (Å²) in [4.78, 5) is 15.1. The number of amides is 1. The Hall–Kier alpha value is -3.37. The Balaban J connectivity index is 1.54. The van der Waals surface area contributed by atoms with Gasteiger partial charge in [0.1, 0.15) is 0 Å². The van der Waals surface area contributed by atoms with Crippen molar-refractivity contribution in [1.82, 2.24) is 9.47 Å². The highest BCUT2D eigenvalue weighted by atomic mass is 16.5. The van der Waals surface area contributed by atoms with Gasteiger partial charge >= 0.3 is 0 Å². The molecule has 3 aromatic carbocycles. The minimum atomic E-state index is 0.0876. The highest BCUT2D eigenvalue weighted by Crippen LogP contribution is 2.28. The van der Waals surface area contributed by atoms with E-state index in [9.17, 15) is 4.79 Å². The maximum Gasteiger partial charge on any atom is 0.256 e. The Labute approximate surface area is 176 Å². The van der Waals surface area contributed by atoms with E-state index in [1.165, 1.54) is 16.7 Å². The number of ether oxygens (including phenoxy) is 1. The van der Waals surface area contributed by atoms with Crippen LogP contribution in [-0.2, 0) is 11.3 Å². The summed E-state index contributed by atoms with van der Waals surface area (Å²) in [6, 6.07) is 27.1. The van der Waals surface area contributed by atoms with Gasteiger partial charge in [0.15, 0.2) is 0 Å². The summed E-state index contributed by atoms with van der Waals surface area (Å²) < 4.78 is 7.61. The van der Waals surface area contributed by atoms with Crippen molar-refractivity contribution < 1.29 is 9.53 Å². The third-order valence-corrected chi connectivity index (χ3v) is 5.76. The molecule has 4 aromatic rings. The Morgan fingerprint density at radius 3 is 2.37 bits per heavy atom. The molecule has 1 amide bonds. The monoisotopic (exact) mass is 396 g/mol. The van der Waals surface area contributed by atoms with Gasteiger partial charge < -0.3 is 14.2 Å². The number of nitrogens with zero attached hydrogens (tertiary/aromatic N) is 2. The molecule has 0 atom stereocenters. The molecule has 30 heavy (non-hydrogen) atoms. The van der Waals surface area contributed by atoms with E-state index in [-0.39, 0.29) is 5.91 Å². The van der Waals surface area contributed by atoms with Gasteiger partial charge in [0.25, 0.3) is 5.91 Å². The average Bonchev–Trinajstić information content (AvgIpc) is 3.18. The first kappa shape index (κ1) is 18.6. The zero-order valence-corrected chi connectivity index (χ0v) is 16.8. The number of para-hydroxylation sites is 1. The third-order valence-electron chi connectivity index (χ3n) is 5.76. The normalized spacial score (nSPS) is 14.2. The average molecular weight is 396 g/mol. The lowest BCUT2D eigenvalue weighted by Gasteiger charge is -2.26. The second kappa shape index (κ2) is 8.17. The van der Waals surface area contributed by atoms with Gasteiger partial charge in [-0.15, -0.1) is 0 Å². The molecule has 150 valence electrons. The number of carbonyl (C=O) groups excluding carboxylic acids is 1. The molecule has 1 aliphatic heterocycles. The minimum Gasteiger partial charge on any atom is -0.378 e. The smallest absolute Gasteiger partial charge is 0.256 e. The molecule has 5 rings (SSSR count). The van der Waals surface area contributed by atoms with E-state index < -0.39 is 0 Å². The number of benzene rings is 3. The Morgan fingerprint density at radius 2 is 1.53 bits per heavy atom. The standard InChI is InChI=1S/C26H24N2O2/c29-26(27-14-16-30-17-15-27)24-19-28(25-13-7-6-12-23(24)25)18-21-10-4-5-11-22(21)20-8-2-1-3-9-20/h1-13,19H,14-18H2. The summed E-state index contributed by atoms with van der Waals surface area (Å²) in [5.41, 5.74) is 5.50. The highest BCUT2D eigenvalue weighted by Gasteiger charge is 2.22. The first-order valence-corrected chi connectivity index (χ1v) is 10.4. The Morgan fingerprint density at radius 1 is 0.833 bits per heavy atom. The molecule has 0 aliphatic carbocycles. The quantitative estimate of drug-likeness (QED) is 0.495. The van der Waals surface area contributed by atoms with E-state index in [0.717, 1.165) is 16.5 Å². The van der Waals surface area contributed by atoms with Gasteiger partial charge in [-0.25, -0.2) is 0 Å².